The molecule has 1 atom stereocenters. The van der Waals surface area contributed by atoms with E-state index in [0.29, 0.717) is 12.6 Å². The summed E-state index contributed by atoms with van der Waals surface area (Å²) in [6, 6.07) is 13.9. The summed E-state index contributed by atoms with van der Waals surface area (Å²) in [6.07, 6.45) is 2.94. The Labute approximate surface area is 161 Å². The molecule has 0 radical (unpaired) electrons. The number of benzene rings is 2. The standard InChI is InChI=1S/C19H24N2O4S2/c1-21-14-6-7-16(21)12-13-20-27(24,25)19-11-5-10-18(15-19)26(22,23)17-8-3-2-4-9-17/h2-5,8-11,15-16,20H,6-7,12-14H2,1H3. The van der Waals surface area contributed by atoms with E-state index in [-0.39, 0.29) is 14.7 Å². The maximum atomic E-state index is 12.7. The van der Waals surface area contributed by atoms with Crippen LogP contribution in [0.4, 0.5) is 0 Å². The van der Waals surface area contributed by atoms with Crippen LogP contribution in [0.2, 0.25) is 0 Å². The number of rotatable bonds is 7. The van der Waals surface area contributed by atoms with E-state index in [2.05, 4.69) is 9.62 Å². The van der Waals surface area contributed by atoms with E-state index in [9.17, 15) is 16.8 Å². The Bertz CT molecular complexity index is 989. The van der Waals surface area contributed by atoms with Crippen LogP contribution in [0.1, 0.15) is 19.3 Å². The van der Waals surface area contributed by atoms with Crippen LogP contribution in [-0.2, 0) is 19.9 Å². The Kier molecular flexibility index (Phi) is 6.00. The third kappa shape index (κ3) is 4.57. The Hall–Kier alpha value is -1.74. The van der Waals surface area contributed by atoms with Gasteiger partial charge in [-0.2, -0.15) is 0 Å². The van der Waals surface area contributed by atoms with Crippen LogP contribution in [0.5, 0.6) is 0 Å². The molecule has 0 aromatic heterocycles. The SMILES string of the molecule is CN1CCCC1CCNS(=O)(=O)c1cccc(S(=O)(=O)c2ccccc2)c1. The number of sulfone groups is 1. The van der Waals surface area contributed by atoms with Crippen molar-refractivity contribution in [3.8, 4) is 0 Å². The largest absolute Gasteiger partial charge is 0.303 e. The van der Waals surface area contributed by atoms with Gasteiger partial charge in [0.15, 0.2) is 0 Å². The zero-order valence-corrected chi connectivity index (χ0v) is 16.8. The van der Waals surface area contributed by atoms with Crippen molar-refractivity contribution in [2.75, 3.05) is 20.1 Å². The molecule has 1 aliphatic rings. The van der Waals surface area contributed by atoms with Gasteiger partial charge in [-0.25, -0.2) is 21.6 Å². The fraction of sp³-hybridized carbons (Fsp3) is 0.368. The van der Waals surface area contributed by atoms with Crippen molar-refractivity contribution in [3.05, 3.63) is 54.6 Å². The Morgan fingerprint density at radius 3 is 2.30 bits per heavy atom. The number of nitrogens with one attached hydrogen (secondary N) is 1. The molecule has 146 valence electrons. The van der Waals surface area contributed by atoms with Gasteiger partial charge in [-0.1, -0.05) is 24.3 Å². The van der Waals surface area contributed by atoms with Gasteiger partial charge >= 0.3 is 0 Å². The molecule has 3 rings (SSSR count). The molecule has 0 saturated carbocycles. The number of sulfonamides is 1. The molecule has 1 heterocycles. The minimum atomic E-state index is -3.77. The molecule has 6 nitrogen and oxygen atoms in total. The first-order valence-corrected chi connectivity index (χ1v) is 11.9. The maximum Gasteiger partial charge on any atom is 0.240 e. The Morgan fingerprint density at radius 1 is 0.963 bits per heavy atom. The van der Waals surface area contributed by atoms with Gasteiger partial charge < -0.3 is 4.90 Å². The summed E-state index contributed by atoms with van der Waals surface area (Å²) in [7, 11) is -5.48. The molecular formula is C19H24N2O4S2. The summed E-state index contributed by atoms with van der Waals surface area (Å²) in [5.74, 6) is 0. The van der Waals surface area contributed by atoms with Gasteiger partial charge in [0.1, 0.15) is 0 Å². The molecule has 0 amide bonds. The second kappa shape index (κ2) is 8.10. The van der Waals surface area contributed by atoms with Gasteiger partial charge in [-0.3, -0.25) is 0 Å². The summed E-state index contributed by atoms with van der Waals surface area (Å²) >= 11 is 0. The zero-order valence-electron chi connectivity index (χ0n) is 15.2. The Morgan fingerprint density at radius 2 is 1.63 bits per heavy atom. The zero-order chi connectivity index (χ0) is 19.5. The maximum absolute atomic E-state index is 12.7. The lowest BCUT2D eigenvalue weighted by Gasteiger charge is -2.19. The van der Waals surface area contributed by atoms with Crippen molar-refractivity contribution in [1.82, 2.24) is 9.62 Å². The molecule has 1 saturated heterocycles. The first-order valence-electron chi connectivity index (χ1n) is 8.91. The van der Waals surface area contributed by atoms with Gasteiger partial charge in [0.05, 0.1) is 14.7 Å². The molecule has 0 bridgehead atoms. The highest BCUT2D eigenvalue weighted by atomic mass is 32.2. The van der Waals surface area contributed by atoms with E-state index in [0.717, 1.165) is 25.8 Å². The topological polar surface area (TPSA) is 83.6 Å². The van der Waals surface area contributed by atoms with Crippen molar-refractivity contribution in [1.29, 1.82) is 0 Å². The summed E-state index contributed by atoms with van der Waals surface area (Å²) in [6.45, 7) is 1.36. The van der Waals surface area contributed by atoms with E-state index in [4.69, 9.17) is 0 Å². The normalized spacial score (nSPS) is 18.6. The first-order chi connectivity index (χ1) is 12.8. The summed E-state index contributed by atoms with van der Waals surface area (Å²) in [5.41, 5.74) is 0. The van der Waals surface area contributed by atoms with Gasteiger partial charge in [-0.05, 0) is 63.2 Å². The van der Waals surface area contributed by atoms with Crippen molar-refractivity contribution >= 4 is 19.9 Å². The molecule has 2 aromatic carbocycles. The predicted octanol–water partition coefficient (Wildman–Crippen LogP) is 2.28. The highest BCUT2D eigenvalue weighted by Gasteiger charge is 2.23. The fourth-order valence-corrected chi connectivity index (χ4v) is 5.83. The summed E-state index contributed by atoms with van der Waals surface area (Å²) < 4.78 is 53.2. The van der Waals surface area contributed by atoms with Crippen molar-refractivity contribution in [2.45, 2.75) is 40.0 Å². The third-order valence-electron chi connectivity index (χ3n) is 4.92. The second-order valence-corrected chi connectivity index (χ2v) is 10.5. The van der Waals surface area contributed by atoms with Crippen LogP contribution in [0.3, 0.4) is 0 Å². The summed E-state index contributed by atoms with van der Waals surface area (Å²) in [4.78, 5) is 2.30. The monoisotopic (exact) mass is 408 g/mol. The highest BCUT2D eigenvalue weighted by Crippen LogP contribution is 2.23. The van der Waals surface area contributed by atoms with Crippen molar-refractivity contribution in [2.24, 2.45) is 0 Å². The molecule has 8 heteroatoms. The molecule has 0 spiro atoms. The molecule has 0 aliphatic carbocycles. The minimum Gasteiger partial charge on any atom is -0.303 e. The predicted molar refractivity (Wildman–Crippen MR) is 104 cm³/mol. The lowest BCUT2D eigenvalue weighted by molar-refractivity contribution is 0.297. The number of likely N-dealkylation sites (tertiary alicyclic amines) is 1. The van der Waals surface area contributed by atoms with E-state index in [1.807, 2.05) is 7.05 Å². The van der Waals surface area contributed by atoms with Crippen molar-refractivity contribution < 1.29 is 16.8 Å². The second-order valence-electron chi connectivity index (χ2n) is 6.75. The quantitative estimate of drug-likeness (QED) is 0.760. The van der Waals surface area contributed by atoms with Gasteiger partial charge in [0.2, 0.25) is 19.9 Å². The van der Waals surface area contributed by atoms with Crippen LogP contribution in [0.25, 0.3) is 0 Å². The Balaban J connectivity index is 1.76. The van der Waals surface area contributed by atoms with Crippen LogP contribution >= 0.6 is 0 Å². The number of hydrogen-bond acceptors (Lipinski definition) is 5. The molecule has 1 N–H and O–H groups in total. The van der Waals surface area contributed by atoms with Crippen LogP contribution in [0.15, 0.2) is 69.3 Å². The molecule has 1 aliphatic heterocycles. The smallest absolute Gasteiger partial charge is 0.240 e. The van der Waals surface area contributed by atoms with E-state index in [1.54, 1.807) is 18.2 Å². The van der Waals surface area contributed by atoms with Crippen LogP contribution < -0.4 is 4.72 Å². The number of hydrogen-bond donors (Lipinski definition) is 1. The van der Waals surface area contributed by atoms with Gasteiger partial charge in [0.25, 0.3) is 0 Å². The molecule has 2 aromatic rings. The average Bonchev–Trinajstić information content (AvgIpc) is 3.07. The van der Waals surface area contributed by atoms with Crippen LogP contribution in [0, 0.1) is 0 Å². The molecule has 27 heavy (non-hydrogen) atoms. The first kappa shape index (κ1) is 20.0. The lowest BCUT2D eigenvalue weighted by atomic mass is 10.1. The molecular weight excluding hydrogens is 384 g/mol. The fourth-order valence-electron chi connectivity index (χ4n) is 3.33. The third-order valence-corrected chi connectivity index (χ3v) is 8.15. The van der Waals surface area contributed by atoms with E-state index >= 15 is 0 Å². The van der Waals surface area contributed by atoms with Gasteiger partial charge in [0, 0.05) is 12.6 Å². The molecule has 1 unspecified atom stereocenters. The number of nitrogens with zero attached hydrogens (tertiary/aromatic N) is 1. The van der Waals surface area contributed by atoms with E-state index < -0.39 is 19.9 Å². The molecule has 1 fully saturated rings. The van der Waals surface area contributed by atoms with Crippen LogP contribution in [-0.4, -0.2) is 47.9 Å². The highest BCUT2D eigenvalue weighted by molar-refractivity contribution is 7.91. The van der Waals surface area contributed by atoms with Gasteiger partial charge in [-0.15, -0.1) is 0 Å². The van der Waals surface area contributed by atoms with Crippen molar-refractivity contribution in [3.63, 3.8) is 0 Å². The lowest BCUT2D eigenvalue weighted by Crippen LogP contribution is -2.31. The van der Waals surface area contributed by atoms with E-state index in [1.165, 1.54) is 36.4 Å². The summed E-state index contributed by atoms with van der Waals surface area (Å²) in [5, 5.41) is 0. The minimum absolute atomic E-state index is 0.0351. The average molecular weight is 409 g/mol.